The third-order valence-corrected chi connectivity index (χ3v) is 3.07. The van der Waals surface area contributed by atoms with Gasteiger partial charge in [-0.05, 0) is 32.4 Å². The number of hydrogen-bond acceptors (Lipinski definition) is 3. The number of carboxylic acid groups (broad SMARTS) is 1. The van der Waals surface area contributed by atoms with Crippen LogP contribution in [-0.4, -0.2) is 33.0 Å². The lowest BCUT2D eigenvalue weighted by Gasteiger charge is -2.26. The van der Waals surface area contributed by atoms with Crippen molar-refractivity contribution in [3.63, 3.8) is 0 Å². The van der Waals surface area contributed by atoms with E-state index in [0.717, 1.165) is 13.0 Å². The molecule has 2 aromatic heterocycles. The van der Waals surface area contributed by atoms with Gasteiger partial charge in [-0.25, -0.2) is 9.78 Å². The quantitative estimate of drug-likeness (QED) is 0.899. The minimum Gasteiger partial charge on any atom is -0.476 e. The second kappa shape index (κ2) is 5.30. The van der Waals surface area contributed by atoms with Gasteiger partial charge < -0.3 is 10.0 Å². The number of aromatic carboxylic acids is 1. The van der Waals surface area contributed by atoms with E-state index in [1.54, 1.807) is 10.6 Å². The molecule has 102 valence electrons. The molecule has 5 heteroatoms. The van der Waals surface area contributed by atoms with Crippen LogP contribution in [0.4, 0.5) is 5.82 Å². The summed E-state index contributed by atoms with van der Waals surface area (Å²) in [7, 11) is 0. The van der Waals surface area contributed by atoms with E-state index in [4.69, 9.17) is 0 Å². The van der Waals surface area contributed by atoms with Crippen molar-refractivity contribution in [2.24, 2.45) is 0 Å². The van der Waals surface area contributed by atoms with E-state index in [2.05, 4.69) is 11.9 Å². The maximum atomic E-state index is 11.5. The third-order valence-electron chi connectivity index (χ3n) is 3.07. The Balaban J connectivity index is 2.64. The van der Waals surface area contributed by atoms with Crippen LogP contribution in [0.3, 0.4) is 0 Å². The fourth-order valence-electron chi connectivity index (χ4n) is 2.23. The number of hydrogen-bond donors (Lipinski definition) is 1. The van der Waals surface area contributed by atoms with Crippen LogP contribution in [-0.2, 0) is 0 Å². The Morgan fingerprint density at radius 1 is 1.47 bits per heavy atom. The van der Waals surface area contributed by atoms with E-state index in [1.807, 2.05) is 36.9 Å². The molecule has 0 saturated heterocycles. The highest BCUT2D eigenvalue weighted by molar-refractivity contribution is 5.93. The maximum Gasteiger partial charge on any atom is 0.356 e. The van der Waals surface area contributed by atoms with E-state index >= 15 is 0 Å². The summed E-state index contributed by atoms with van der Waals surface area (Å²) in [6.45, 7) is 6.96. The molecule has 0 aliphatic heterocycles. The molecule has 0 saturated carbocycles. The zero-order valence-corrected chi connectivity index (χ0v) is 11.5. The molecule has 0 fully saturated rings. The molecule has 5 nitrogen and oxygen atoms in total. The first-order chi connectivity index (χ1) is 9.06. The van der Waals surface area contributed by atoms with E-state index in [9.17, 15) is 9.90 Å². The number of imidazole rings is 1. The van der Waals surface area contributed by atoms with E-state index in [-0.39, 0.29) is 11.7 Å². The summed E-state index contributed by atoms with van der Waals surface area (Å²) >= 11 is 0. The summed E-state index contributed by atoms with van der Waals surface area (Å²) in [6.07, 6.45) is 2.69. The molecule has 19 heavy (non-hydrogen) atoms. The first-order valence-corrected chi connectivity index (χ1v) is 6.53. The number of carbonyl (C=O) groups is 1. The summed E-state index contributed by atoms with van der Waals surface area (Å²) in [4.78, 5) is 18.1. The Morgan fingerprint density at radius 3 is 2.79 bits per heavy atom. The van der Waals surface area contributed by atoms with Crippen LogP contribution in [0, 0.1) is 0 Å². The number of carboxylic acids is 1. The summed E-state index contributed by atoms with van der Waals surface area (Å²) in [5.41, 5.74) is 0.898. The lowest BCUT2D eigenvalue weighted by atomic mass is 10.2. The van der Waals surface area contributed by atoms with Crippen LogP contribution in [0.15, 0.2) is 24.4 Å². The van der Waals surface area contributed by atoms with Gasteiger partial charge in [-0.15, -0.1) is 0 Å². The summed E-state index contributed by atoms with van der Waals surface area (Å²) in [6, 6.07) is 5.70. The molecular weight excluding hydrogens is 242 g/mol. The number of rotatable bonds is 5. The molecule has 1 N–H and O–H groups in total. The maximum absolute atomic E-state index is 11.5. The van der Waals surface area contributed by atoms with Gasteiger partial charge in [0.25, 0.3) is 0 Å². The number of nitrogens with zero attached hydrogens (tertiary/aromatic N) is 3. The summed E-state index contributed by atoms with van der Waals surface area (Å²) in [5, 5.41) is 9.46. The first-order valence-electron chi connectivity index (χ1n) is 6.53. The highest BCUT2D eigenvalue weighted by Crippen LogP contribution is 2.23. The van der Waals surface area contributed by atoms with Crippen molar-refractivity contribution in [2.75, 3.05) is 11.4 Å². The number of aromatic nitrogens is 2. The Bertz CT molecular complexity index is 589. The molecule has 0 aliphatic rings. The van der Waals surface area contributed by atoms with Crippen molar-refractivity contribution in [1.82, 2.24) is 9.38 Å². The van der Waals surface area contributed by atoms with Gasteiger partial charge in [-0.1, -0.05) is 13.0 Å². The minimum atomic E-state index is -0.949. The van der Waals surface area contributed by atoms with Crippen LogP contribution >= 0.6 is 0 Å². The van der Waals surface area contributed by atoms with Gasteiger partial charge in [-0.3, -0.25) is 4.40 Å². The van der Waals surface area contributed by atoms with E-state index in [0.29, 0.717) is 11.5 Å². The van der Waals surface area contributed by atoms with Gasteiger partial charge in [0.05, 0.1) is 0 Å². The minimum absolute atomic E-state index is 0.211. The van der Waals surface area contributed by atoms with Gasteiger partial charge in [0.1, 0.15) is 5.65 Å². The molecule has 0 aliphatic carbocycles. The van der Waals surface area contributed by atoms with Gasteiger partial charge in [0.15, 0.2) is 11.5 Å². The molecule has 0 spiro atoms. The van der Waals surface area contributed by atoms with Crippen molar-refractivity contribution in [3.05, 3.63) is 30.1 Å². The molecule has 2 aromatic rings. The second-order valence-electron chi connectivity index (χ2n) is 4.81. The van der Waals surface area contributed by atoms with Crippen molar-refractivity contribution >= 4 is 17.4 Å². The molecule has 2 heterocycles. The van der Waals surface area contributed by atoms with Crippen LogP contribution in [0.2, 0.25) is 0 Å². The Hall–Kier alpha value is -2.04. The first kappa shape index (κ1) is 13.4. The second-order valence-corrected chi connectivity index (χ2v) is 4.81. The Kier molecular flexibility index (Phi) is 3.74. The zero-order chi connectivity index (χ0) is 14.0. The smallest absolute Gasteiger partial charge is 0.356 e. The topological polar surface area (TPSA) is 57.8 Å². The normalized spacial score (nSPS) is 11.2. The highest BCUT2D eigenvalue weighted by Gasteiger charge is 2.24. The van der Waals surface area contributed by atoms with Crippen molar-refractivity contribution in [2.45, 2.75) is 33.2 Å². The van der Waals surface area contributed by atoms with Crippen LogP contribution in [0.25, 0.3) is 5.65 Å². The number of fused-ring (bicyclic) bond motifs is 1. The number of anilines is 1. The largest absolute Gasteiger partial charge is 0.476 e. The molecule has 2 rings (SSSR count). The Morgan fingerprint density at radius 2 is 2.21 bits per heavy atom. The lowest BCUT2D eigenvalue weighted by Crippen LogP contribution is -2.33. The molecule has 0 unspecified atom stereocenters. The standard InChI is InChI=1S/C14H19N3O2/c1-4-8-16(10(2)3)13-12(14(18)19)17-9-6-5-7-11(17)15-13/h5-7,9-10H,4,8H2,1-3H3,(H,18,19). The van der Waals surface area contributed by atoms with Crippen LogP contribution in [0.5, 0.6) is 0 Å². The molecule has 0 bridgehead atoms. The summed E-state index contributed by atoms with van der Waals surface area (Å²) < 4.78 is 1.63. The van der Waals surface area contributed by atoms with Gasteiger partial charge >= 0.3 is 5.97 Å². The van der Waals surface area contributed by atoms with Crippen molar-refractivity contribution < 1.29 is 9.90 Å². The zero-order valence-electron chi connectivity index (χ0n) is 11.5. The molecule has 0 radical (unpaired) electrons. The highest BCUT2D eigenvalue weighted by atomic mass is 16.4. The molecular formula is C14H19N3O2. The number of pyridine rings is 1. The fourth-order valence-corrected chi connectivity index (χ4v) is 2.23. The lowest BCUT2D eigenvalue weighted by molar-refractivity contribution is 0.0690. The molecule has 0 atom stereocenters. The van der Waals surface area contributed by atoms with Gasteiger partial charge in [0, 0.05) is 18.8 Å². The predicted octanol–water partition coefficient (Wildman–Crippen LogP) is 2.66. The fraction of sp³-hybridized carbons (Fsp3) is 0.429. The van der Waals surface area contributed by atoms with Gasteiger partial charge in [0.2, 0.25) is 0 Å². The van der Waals surface area contributed by atoms with Crippen molar-refractivity contribution in [1.29, 1.82) is 0 Å². The average molecular weight is 261 g/mol. The van der Waals surface area contributed by atoms with Crippen molar-refractivity contribution in [3.8, 4) is 0 Å². The Labute approximate surface area is 112 Å². The predicted molar refractivity (Wildman–Crippen MR) is 74.9 cm³/mol. The van der Waals surface area contributed by atoms with E-state index in [1.165, 1.54) is 0 Å². The monoisotopic (exact) mass is 261 g/mol. The SMILES string of the molecule is CCCN(c1nc2ccccn2c1C(=O)O)C(C)C. The molecule has 0 aromatic carbocycles. The average Bonchev–Trinajstić information content (AvgIpc) is 2.74. The van der Waals surface area contributed by atoms with Crippen LogP contribution in [0.1, 0.15) is 37.7 Å². The summed E-state index contributed by atoms with van der Waals surface area (Å²) in [5.74, 6) is -0.397. The van der Waals surface area contributed by atoms with E-state index < -0.39 is 5.97 Å². The third kappa shape index (κ3) is 2.41. The van der Waals surface area contributed by atoms with Gasteiger partial charge in [-0.2, -0.15) is 0 Å². The van der Waals surface area contributed by atoms with Crippen LogP contribution < -0.4 is 4.90 Å². The molecule has 0 amide bonds.